The molecule has 3 N–H and O–H groups in total. The van der Waals surface area contributed by atoms with Gasteiger partial charge < -0.3 is 10.8 Å². The number of rotatable bonds is 4. The number of nitrogens with zero attached hydrogens (tertiary/aromatic N) is 4. The van der Waals surface area contributed by atoms with Gasteiger partial charge in [0.05, 0.1) is 22.1 Å². The van der Waals surface area contributed by atoms with Crippen molar-refractivity contribution >= 4 is 55.7 Å². The highest BCUT2D eigenvalue weighted by Gasteiger charge is 2.30. The minimum absolute atomic E-state index is 0.0181. The first-order chi connectivity index (χ1) is 15.8. The molecule has 5 aromatic rings. The number of phenolic OH excluding ortho intramolecular Hbond substituents is 1. The molecule has 0 bridgehead atoms. The standard InChI is InChI=1S/C23H16ClN5O3S/c24-15-8-10-17(11-9-15)33(31,32)21-20-23(28-19-7-2-1-6-18(19)27-20)29(22(21)25)26-13-14-4-3-5-16(30)12-14/h1-13,30H,25H2. The van der Waals surface area contributed by atoms with E-state index in [2.05, 4.69) is 15.1 Å². The summed E-state index contributed by atoms with van der Waals surface area (Å²) in [6.07, 6.45) is 1.45. The Bertz CT molecular complexity index is 1660. The number of anilines is 1. The number of halogens is 1. The molecule has 2 aromatic heterocycles. The van der Waals surface area contributed by atoms with Gasteiger partial charge in [0.1, 0.15) is 22.0 Å². The third-order valence-corrected chi connectivity index (χ3v) is 7.10. The molecule has 0 saturated carbocycles. The van der Waals surface area contributed by atoms with E-state index in [1.165, 1.54) is 47.3 Å². The third-order valence-electron chi connectivity index (χ3n) is 5.01. The van der Waals surface area contributed by atoms with Gasteiger partial charge in [-0.1, -0.05) is 35.9 Å². The average Bonchev–Trinajstić information content (AvgIpc) is 3.07. The van der Waals surface area contributed by atoms with Crippen LogP contribution >= 0.6 is 11.6 Å². The van der Waals surface area contributed by atoms with Crippen molar-refractivity contribution in [3.05, 3.63) is 83.4 Å². The summed E-state index contributed by atoms with van der Waals surface area (Å²) in [5.41, 5.74) is 8.31. The van der Waals surface area contributed by atoms with Crippen LogP contribution < -0.4 is 5.73 Å². The summed E-state index contributed by atoms with van der Waals surface area (Å²) in [4.78, 5) is 8.97. The van der Waals surface area contributed by atoms with E-state index < -0.39 is 9.84 Å². The summed E-state index contributed by atoms with van der Waals surface area (Å²) in [5, 5.41) is 14.5. The molecule has 0 aliphatic carbocycles. The Hall–Kier alpha value is -3.95. The lowest BCUT2D eigenvalue weighted by atomic mass is 10.2. The van der Waals surface area contributed by atoms with Gasteiger partial charge >= 0.3 is 0 Å². The number of aromatic hydroxyl groups is 1. The Morgan fingerprint density at radius 1 is 0.970 bits per heavy atom. The van der Waals surface area contributed by atoms with Gasteiger partial charge in [0.15, 0.2) is 5.65 Å². The van der Waals surface area contributed by atoms with Crippen LogP contribution in [0, 0.1) is 0 Å². The second kappa shape index (κ2) is 7.88. The number of aromatic nitrogens is 3. The molecule has 10 heteroatoms. The molecule has 8 nitrogen and oxygen atoms in total. The monoisotopic (exact) mass is 477 g/mol. The lowest BCUT2D eigenvalue weighted by Crippen LogP contribution is -2.06. The summed E-state index contributed by atoms with van der Waals surface area (Å²) in [6.45, 7) is 0. The predicted molar refractivity (Wildman–Crippen MR) is 127 cm³/mol. The number of nitrogens with two attached hydrogens (primary N) is 1. The smallest absolute Gasteiger partial charge is 0.212 e. The Kier molecular flexibility index (Phi) is 4.99. The Morgan fingerprint density at radius 2 is 1.67 bits per heavy atom. The number of para-hydroxylation sites is 2. The maximum atomic E-state index is 13.6. The van der Waals surface area contributed by atoms with E-state index in [9.17, 15) is 13.5 Å². The Labute approximate surface area is 193 Å². The molecule has 0 unspecified atom stereocenters. The van der Waals surface area contributed by atoms with Crippen LogP contribution in [-0.2, 0) is 9.84 Å². The second-order valence-corrected chi connectivity index (χ2v) is 9.53. The van der Waals surface area contributed by atoms with Gasteiger partial charge in [-0.25, -0.2) is 18.4 Å². The van der Waals surface area contributed by atoms with E-state index in [0.717, 1.165) is 0 Å². The molecule has 2 heterocycles. The van der Waals surface area contributed by atoms with Crippen molar-refractivity contribution in [1.82, 2.24) is 14.6 Å². The Morgan fingerprint density at radius 3 is 2.36 bits per heavy atom. The van der Waals surface area contributed by atoms with Crippen LogP contribution in [0.4, 0.5) is 5.82 Å². The zero-order valence-electron chi connectivity index (χ0n) is 16.9. The molecular formula is C23H16ClN5O3S. The molecule has 33 heavy (non-hydrogen) atoms. The molecule has 0 saturated heterocycles. The topological polar surface area (TPSA) is 123 Å². The van der Waals surface area contributed by atoms with Crippen molar-refractivity contribution in [2.24, 2.45) is 5.10 Å². The molecule has 0 radical (unpaired) electrons. The lowest BCUT2D eigenvalue weighted by Gasteiger charge is -2.05. The first-order valence-corrected chi connectivity index (χ1v) is 11.6. The van der Waals surface area contributed by atoms with Crippen LogP contribution in [0.2, 0.25) is 5.02 Å². The van der Waals surface area contributed by atoms with E-state index in [0.29, 0.717) is 21.6 Å². The van der Waals surface area contributed by atoms with Gasteiger partial charge in [0, 0.05) is 5.02 Å². The quantitative estimate of drug-likeness (QED) is 0.373. The molecule has 0 aliphatic heterocycles. The number of fused-ring (bicyclic) bond motifs is 2. The minimum atomic E-state index is -4.07. The van der Waals surface area contributed by atoms with Gasteiger partial charge in [-0.15, -0.1) is 0 Å². The summed E-state index contributed by atoms with van der Waals surface area (Å²) < 4.78 is 28.4. The molecule has 0 spiro atoms. The van der Waals surface area contributed by atoms with Crippen molar-refractivity contribution in [3.63, 3.8) is 0 Å². The predicted octanol–water partition coefficient (Wildman–Crippen LogP) is 4.24. The maximum Gasteiger partial charge on any atom is 0.212 e. The largest absolute Gasteiger partial charge is 0.508 e. The minimum Gasteiger partial charge on any atom is -0.508 e. The van der Waals surface area contributed by atoms with Crippen molar-refractivity contribution < 1.29 is 13.5 Å². The lowest BCUT2D eigenvalue weighted by molar-refractivity contribution is 0.475. The molecule has 5 rings (SSSR count). The summed E-state index contributed by atoms with van der Waals surface area (Å²) in [5.74, 6) is -0.0623. The third kappa shape index (κ3) is 3.67. The van der Waals surface area contributed by atoms with Gasteiger partial charge in [0.25, 0.3) is 0 Å². The van der Waals surface area contributed by atoms with Crippen molar-refractivity contribution in [2.45, 2.75) is 9.79 Å². The number of benzene rings is 3. The number of hydrogen-bond acceptors (Lipinski definition) is 7. The zero-order valence-corrected chi connectivity index (χ0v) is 18.5. The average molecular weight is 478 g/mol. The molecule has 0 atom stereocenters. The van der Waals surface area contributed by atoms with E-state index in [1.807, 2.05) is 0 Å². The number of sulfone groups is 1. The van der Waals surface area contributed by atoms with Gasteiger partial charge in [-0.05, 0) is 54.1 Å². The molecule has 0 amide bonds. The van der Waals surface area contributed by atoms with Crippen molar-refractivity contribution in [2.75, 3.05) is 5.73 Å². The van der Waals surface area contributed by atoms with Gasteiger partial charge in [-0.3, -0.25) is 0 Å². The molecule has 0 fully saturated rings. The summed E-state index contributed by atoms with van der Waals surface area (Å²) in [7, 11) is -4.07. The summed E-state index contributed by atoms with van der Waals surface area (Å²) in [6, 6.07) is 19.3. The van der Waals surface area contributed by atoms with Crippen LogP contribution in [0.1, 0.15) is 5.56 Å². The fourth-order valence-corrected chi connectivity index (χ4v) is 5.07. The number of phenols is 1. The Balaban J connectivity index is 1.79. The first kappa shape index (κ1) is 20.9. The zero-order chi connectivity index (χ0) is 23.2. The van der Waals surface area contributed by atoms with E-state index in [-0.39, 0.29) is 32.5 Å². The van der Waals surface area contributed by atoms with Crippen LogP contribution in [-0.4, -0.2) is 34.4 Å². The number of nitrogen functional groups attached to an aromatic ring is 1. The molecule has 3 aromatic carbocycles. The van der Waals surface area contributed by atoms with Crippen molar-refractivity contribution in [3.8, 4) is 5.75 Å². The first-order valence-electron chi connectivity index (χ1n) is 9.75. The van der Waals surface area contributed by atoms with E-state index in [1.54, 1.807) is 36.4 Å². The second-order valence-electron chi connectivity index (χ2n) is 7.21. The highest BCUT2D eigenvalue weighted by atomic mass is 35.5. The fraction of sp³-hybridized carbons (Fsp3) is 0. The van der Waals surface area contributed by atoms with Crippen molar-refractivity contribution in [1.29, 1.82) is 0 Å². The SMILES string of the molecule is Nc1c(S(=O)(=O)c2ccc(Cl)cc2)c2nc3ccccc3nc2n1N=Cc1cccc(O)c1. The van der Waals surface area contributed by atoms with Crippen LogP contribution in [0.25, 0.3) is 22.2 Å². The van der Waals surface area contributed by atoms with Crippen LogP contribution in [0.15, 0.2) is 87.7 Å². The highest BCUT2D eigenvalue weighted by molar-refractivity contribution is 7.92. The molecular weight excluding hydrogens is 462 g/mol. The van der Waals surface area contributed by atoms with Gasteiger partial charge in [-0.2, -0.15) is 9.78 Å². The maximum absolute atomic E-state index is 13.6. The summed E-state index contributed by atoms with van der Waals surface area (Å²) >= 11 is 5.93. The number of hydrogen-bond donors (Lipinski definition) is 2. The molecule has 164 valence electrons. The fourth-order valence-electron chi connectivity index (χ4n) is 3.47. The van der Waals surface area contributed by atoms with Gasteiger partial charge in [0.2, 0.25) is 9.84 Å². The van der Waals surface area contributed by atoms with Crippen LogP contribution in [0.5, 0.6) is 5.75 Å². The highest BCUT2D eigenvalue weighted by Crippen LogP contribution is 2.35. The molecule has 0 aliphatic rings. The van der Waals surface area contributed by atoms with E-state index >= 15 is 0 Å². The normalized spacial score (nSPS) is 12.2. The van der Waals surface area contributed by atoms with Crippen LogP contribution in [0.3, 0.4) is 0 Å². The van der Waals surface area contributed by atoms with E-state index in [4.69, 9.17) is 17.3 Å².